The molecule has 0 spiro atoms. The summed E-state index contributed by atoms with van der Waals surface area (Å²) in [5.74, 6) is 0.977. The van der Waals surface area contributed by atoms with Crippen LogP contribution in [0.25, 0.3) is 0 Å². The number of allylic oxidation sites excluding steroid dienone is 3. The van der Waals surface area contributed by atoms with E-state index in [2.05, 4.69) is 28.0 Å². The molecule has 1 aromatic heterocycles. The lowest BCUT2D eigenvalue weighted by Gasteiger charge is -2.20. The van der Waals surface area contributed by atoms with Crippen molar-refractivity contribution in [3.05, 3.63) is 84.0 Å². The molecule has 3 nitrogen and oxygen atoms in total. The molecule has 0 fully saturated rings. The van der Waals surface area contributed by atoms with Crippen molar-refractivity contribution in [1.29, 1.82) is 0 Å². The molecule has 0 saturated carbocycles. The van der Waals surface area contributed by atoms with Gasteiger partial charge >= 0.3 is 0 Å². The second kappa shape index (κ2) is 7.84. The van der Waals surface area contributed by atoms with Gasteiger partial charge in [-0.2, -0.15) is 0 Å². The first kappa shape index (κ1) is 17.1. The first-order valence-electron chi connectivity index (χ1n) is 7.48. The topological polar surface area (TPSA) is 29.9 Å². The molecule has 0 amide bonds. The third kappa shape index (κ3) is 4.60. The van der Waals surface area contributed by atoms with Crippen LogP contribution in [0.5, 0.6) is 0 Å². The molecule has 0 radical (unpaired) electrons. The Morgan fingerprint density at radius 2 is 2.09 bits per heavy atom. The summed E-state index contributed by atoms with van der Waals surface area (Å²) in [5, 5.41) is 4.24. The Balaban J connectivity index is 2.25. The van der Waals surface area contributed by atoms with Gasteiger partial charge in [0.2, 0.25) is 0 Å². The number of aromatic nitrogens is 2. The summed E-state index contributed by atoms with van der Waals surface area (Å²) in [5.41, 5.74) is 3.13. The molecule has 4 heteroatoms. The highest BCUT2D eigenvalue weighted by molar-refractivity contribution is 6.30. The van der Waals surface area contributed by atoms with Crippen molar-refractivity contribution in [3.8, 4) is 0 Å². The molecule has 1 N–H and O–H groups in total. The summed E-state index contributed by atoms with van der Waals surface area (Å²) in [6.45, 7) is 9.85. The minimum absolute atomic E-state index is 0.0249. The third-order valence-corrected chi connectivity index (χ3v) is 3.94. The molecule has 1 heterocycles. The number of hydrogen-bond donors (Lipinski definition) is 1. The minimum Gasteiger partial charge on any atom is -0.375 e. The zero-order chi connectivity index (χ0) is 16.8. The fourth-order valence-corrected chi connectivity index (χ4v) is 2.45. The van der Waals surface area contributed by atoms with Crippen molar-refractivity contribution in [3.63, 3.8) is 0 Å². The molecule has 23 heavy (non-hydrogen) atoms. The van der Waals surface area contributed by atoms with E-state index < -0.39 is 0 Å². The Kier molecular flexibility index (Phi) is 5.83. The SMILES string of the molecule is C=C/C=C\C(=C)CC(Nc1ccc(Cl)cc1)c1ncc(C)n1C. The Morgan fingerprint density at radius 3 is 2.65 bits per heavy atom. The van der Waals surface area contributed by atoms with Crippen molar-refractivity contribution in [2.24, 2.45) is 7.05 Å². The summed E-state index contributed by atoms with van der Waals surface area (Å²) in [7, 11) is 2.02. The van der Waals surface area contributed by atoms with Crippen LogP contribution in [0.3, 0.4) is 0 Å². The molecule has 0 bridgehead atoms. The average Bonchev–Trinajstić information content (AvgIpc) is 2.86. The average molecular weight is 328 g/mol. The number of benzene rings is 1. The number of anilines is 1. The van der Waals surface area contributed by atoms with Crippen molar-refractivity contribution in [2.45, 2.75) is 19.4 Å². The van der Waals surface area contributed by atoms with Crippen LogP contribution in [-0.2, 0) is 7.05 Å². The van der Waals surface area contributed by atoms with Gasteiger partial charge in [-0.25, -0.2) is 4.98 Å². The Bertz CT molecular complexity index is 711. The molecule has 0 saturated heterocycles. The number of nitrogens with zero attached hydrogens (tertiary/aromatic N) is 2. The Morgan fingerprint density at radius 1 is 1.39 bits per heavy atom. The van der Waals surface area contributed by atoms with E-state index in [0.717, 1.165) is 34.2 Å². The van der Waals surface area contributed by atoms with Crippen LogP contribution in [-0.4, -0.2) is 9.55 Å². The second-order valence-electron chi connectivity index (χ2n) is 5.48. The molecule has 0 aliphatic heterocycles. The number of nitrogens with one attached hydrogen (secondary N) is 1. The van der Waals surface area contributed by atoms with Gasteiger partial charge in [-0.15, -0.1) is 0 Å². The monoisotopic (exact) mass is 327 g/mol. The summed E-state index contributed by atoms with van der Waals surface area (Å²) in [6, 6.07) is 7.70. The molecule has 1 atom stereocenters. The first-order valence-corrected chi connectivity index (χ1v) is 7.86. The van der Waals surface area contributed by atoms with Crippen LogP contribution in [0.1, 0.15) is 24.0 Å². The fourth-order valence-electron chi connectivity index (χ4n) is 2.33. The van der Waals surface area contributed by atoms with Crippen molar-refractivity contribution >= 4 is 17.3 Å². The maximum absolute atomic E-state index is 5.96. The van der Waals surface area contributed by atoms with Gasteiger partial charge in [0, 0.05) is 29.6 Å². The maximum Gasteiger partial charge on any atom is 0.131 e. The Labute approximate surface area is 143 Å². The Hall–Kier alpha value is -2.26. The summed E-state index contributed by atoms with van der Waals surface area (Å²) >= 11 is 5.96. The largest absolute Gasteiger partial charge is 0.375 e. The highest BCUT2D eigenvalue weighted by atomic mass is 35.5. The van der Waals surface area contributed by atoms with E-state index >= 15 is 0 Å². The van der Waals surface area contributed by atoms with Gasteiger partial charge in [0.25, 0.3) is 0 Å². The quantitative estimate of drug-likeness (QED) is 0.706. The summed E-state index contributed by atoms with van der Waals surface area (Å²) in [4.78, 5) is 4.55. The minimum atomic E-state index is 0.0249. The van der Waals surface area contributed by atoms with Crippen LogP contribution >= 0.6 is 11.6 Å². The van der Waals surface area contributed by atoms with Gasteiger partial charge in [0.15, 0.2) is 0 Å². The van der Waals surface area contributed by atoms with E-state index in [1.165, 1.54) is 0 Å². The van der Waals surface area contributed by atoms with Gasteiger partial charge in [0.05, 0.1) is 6.04 Å². The first-order chi connectivity index (χ1) is 11.0. The molecule has 1 unspecified atom stereocenters. The number of aryl methyl sites for hydroxylation is 1. The highest BCUT2D eigenvalue weighted by Crippen LogP contribution is 2.26. The number of halogens is 1. The molecular formula is C19H22ClN3. The molecule has 120 valence electrons. The van der Waals surface area contributed by atoms with Crippen molar-refractivity contribution in [1.82, 2.24) is 9.55 Å². The molecule has 1 aromatic carbocycles. The fraction of sp³-hybridized carbons (Fsp3) is 0.211. The number of rotatable bonds is 7. The number of hydrogen-bond acceptors (Lipinski definition) is 2. The maximum atomic E-state index is 5.96. The molecule has 0 aliphatic carbocycles. The number of imidazole rings is 1. The van der Waals surface area contributed by atoms with Crippen LogP contribution < -0.4 is 5.32 Å². The van der Waals surface area contributed by atoms with Crippen LogP contribution in [0, 0.1) is 6.92 Å². The van der Waals surface area contributed by atoms with Crippen molar-refractivity contribution < 1.29 is 0 Å². The smallest absolute Gasteiger partial charge is 0.131 e. The van der Waals surface area contributed by atoms with E-state index in [1.54, 1.807) is 6.08 Å². The zero-order valence-corrected chi connectivity index (χ0v) is 14.3. The molecule has 2 rings (SSSR count). The van der Waals surface area contributed by atoms with E-state index in [4.69, 9.17) is 11.6 Å². The van der Waals surface area contributed by atoms with E-state index in [1.807, 2.05) is 56.6 Å². The van der Waals surface area contributed by atoms with Crippen LogP contribution in [0.2, 0.25) is 5.02 Å². The van der Waals surface area contributed by atoms with E-state index in [0.29, 0.717) is 0 Å². The van der Waals surface area contributed by atoms with Gasteiger partial charge in [-0.05, 0) is 37.6 Å². The predicted molar refractivity (Wildman–Crippen MR) is 98.9 cm³/mol. The van der Waals surface area contributed by atoms with Gasteiger partial charge in [-0.1, -0.05) is 48.6 Å². The van der Waals surface area contributed by atoms with Crippen LogP contribution in [0.15, 0.2) is 67.4 Å². The van der Waals surface area contributed by atoms with E-state index in [9.17, 15) is 0 Å². The van der Waals surface area contributed by atoms with Gasteiger partial charge in [-0.3, -0.25) is 0 Å². The lowest BCUT2D eigenvalue weighted by atomic mass is 10.1. The molecular weight excluding hydrogens is 306 g/mol. The van der Waals surface area contributed by atoms with Crippen LogP contribution in [0.4, 0.5) is 5.69 Å². The zero-order valence-electron chi connectivity index (χ0n) is 13.6. The lowest BCUT2D eigenvalue weighted by molar-refractivity contribution is 0.664. The van der Waals surface area contributed by atoms with Gasteiger partial charge < -0.3 is 9.88 Å². The standard InChI is InChI=1S/C19H22ClN3/c1-5-6-7-14(2)12-18(19-21-13-15(3)23(19)4)22-17-10-8-16(20)9-11-17/h5-11,13,18,22H,1-2,12H2,3-4H3/b7-6-. The normalized spacial score (nSPS) is 12.3. The third-order valence-electron chi connectivity index (χ3n) is 3.69. The molecule has 2 aromatic rings. The lowest BCUT2D eigenvalue weighted by Crippen LogP contribution is -2.16. The summed E-state index contributed by atoms with van der Waals surface area (Å²) < 4.78 is 2.10. The second-order valence-corrected chi connectivity index (χ2v) is 5.91. The highest BCUT2D eigenvalue weighted by Gasteiger charge is 2.17. The summed E-state index contributed by atoms with van der Waals surface area (Å²) in [6.07, 6.45) is 8.24. The molecule has 0 aliphatic rings. The van der Waals surface area contributed by atoms with Gasteiger partial charge in [0.1, 0.15) is 5.82 Å². The predicted octanol–water partition coefficient (Wildman–Crippen LogP) is 5.22. The van der Waals surface area contributed by atoms with E-state index in [-0.39, 0.29) is 6.04 Å². The van der Waals surface area contributed by atoms with Crippen molar-refractivity contribution in [2.75, 3.05) is 5.32 Å².